The molecule has 0 amide bonds. The molecular formula is C18H28N2O. The van der Waals surface area contributed by atoms with Crippen molar-refractivity contribution in [3.63, 3.8) is 0 Å². The average Bonchev–Trinajstić information content (AvgIpc) is 2.45. The lowest BCUT2D eigenvalue weighted by molar-refractivity contribution is -0.267. The number of allylic oxidation sites excluding steroid dienone is 2. The molecular weight excluding hydrogens is 260 g/mol. The summed E-state index contributed by atoms with van der Waals surface area (Å²) in [5.74, 6) is 0. The minimum atomic E-state index is -0.0795. The molecule has 0 radical (unpaired) electrons. The highest BCUT2D eigenvalue weighted by Crippen LogP contribution is 2.32. The molecule has 0 saturated carbocycles. The van der Waals surface area contributed by atoms with Gasteiger partial charge < -0.3 is 0 Å². The third-order valence-corrected chi connectivity index (χ3v) is 4.52. The van der Waals surface area contributed by atoms with E-state index in [-0.39, 0.29) is 11.8 Å². The Hall–Kier alpha value is -1.16. The number of hydroxylamine groups is 2. The van der Waals surface area contributed by atoms with Crippen molar-refractivity contribution in [1.82, 2.24) is 10.4 Å². The average molecular weight is 288 g/mol. The SMILES string of the molecule is CC(C)=CCC[C@@]1(C)N[C@@H](c2ccccc2)ON(C)[C@@H]1C. The Morgan fingerprint density at radius 3 is 2.62 bits per heavy atom. The summed E-state index contributed by atoms with van der Waals surface area (Å²) >= 11 is 0. The topological polar surface area (TPSA) is 24.5 Å². The molecule has 1 aliphatic rings. The summed E-state index contributed by atoms with van der Waals surface area (Å²) in [6.45, 7) is 8.83. The fourth-order valence-corrected chi connectivity index (χ4v) is 2.82. The summed E-state index contributed by atoms with van der Waals surface area (Å²) in [6.07, 6.45) is 4.42. The van der Waals surface area contributed by atoms with E-state index in [0.717, 1.165) is 12.8 Å². The van der Waals surface area contributed by atoms with E-state index in [1.807, 2.05) is 18.2 Å². The summed E-state index contributed by atoms with van der Waals surface area (Å²) in [5.41, 5.74) is 2.58. The maximum absolute atomic E-state index is 6.01. The largest absolute Gasteiger partial charge is 0.280 e. The molecule has 0 aromatic heterocycles. The third-order valence-electron chi connectivity index (χ3n) is 4.52. The first kappa shape index (κ1) is 16.2. The zero-order chi connectivity index (χ0) is 15.5. The van der Waals surface area contributed by atoms with E-state index in [1.54, 1.807) is 0 Å². The van der Waals surface area contributed by atoms with Gasteiger partial charge in [-0.25, -0.2) is 0 Å². The predicted molar refractivity (Wildman–Crippen MR) is 87.7 cm³/mol. The van der Waals surface area contributed by atoms with Gasteiger partial charge in [-0.15, -0.1) is 0 Å². The van der Waals surface area contributed by atoms with Crippen molar-refractivity contribution in [3.8, 4) is 0 Å². The van der Waals surface area contributed by atoms with Crippen LogP contribution in [-0.4, -0.2) is 23.7 Å². The van der Waals surface area contributed by atoms with Crippen LogP contribution in [0.5, 0.6) is 0 Å². The van der Waals surface area contributed by atoms with Crippen molar-refractivity contribution >= 4 is 0 Å². The molecule has 1 saturated heterocycles. The first-order valence-corrected chi connectivity index (χ1v) is 7.78. The van der Waals surface area contributed by atoms with Gasteiger partial charge >= 0.3 is 0 Å². The molecule has 3 heteroatoms. The summed E-state index contributed by atoms with van der Waals surface area (Å²) in [7, 11) is 2.03. The van der Waals surface area contributed by atoms with Crippen LogP contribution in [-0.2, 0) is 4.84 Å². The molecule has 116 valence electrons. The lowest BCUT2D eigenvalue weighted by Gasteiger charge is -2.49. The highest BCUT2D eigenvalue weighted by atomic mass is 16.7. The Balaban J connectivity index is 2.13. The molecule has 0 aliphatic carbocycles. The molecule has 1 aliphatic heterocycles. The molecule has 1 N–H and O–H groups in total. The molecule has 3 atom stereocenters. The Morgan fingerprint density at radius 2 is 2.00 bits per heavy atom. The maximum Gasteiger partial charge on any atom is 0.156 e. The Bertz CT molecular complexity index is 481. The van der Waals surface area contributed by atoms with Crippen LogP contribution in [0.3, 0.4) is 0 Å². The zero-order valence-corrected chi connectivity index (χ0v) is 13.9. The van der Waals surface area contributed by atoms with Gasteiger partial charge in [-0.2, -0.15) is 5.06 Å². The first-order valence-electron chi connectivity index (χ1n) is 7.78. The molecule has 1 aromatic carbocycles. The molecule has 2 rings (SSSR count). The standard InChI is InChI=1S/C18H28N2O/c1-14(2)10-9-13-18(4)15(3)20(5)21-17(19-18)16-11-7-6-8-12-16/h6-8,10-12,15,17,19H,9,13H2,1-5H3/t15-,17-,18-/m1/s1. The molecule has 1 heterocycles. The summed E-state index contributed by atoms with van der Waals surface area (Å²) in [6, 6.07) is 10.7. The van der Waals surface area contributed by atoms with Crippen molar-refractivity contribution in [1.29, 1.82) is 0 Å². The highest BCUT2D eigenvalue weighted by molar-refractivity contribution is 5.18. The van der Waals surface area contributed by atoms with Crippen LogP contribution in [0.1, 0.15) is 52.3 Å². The van der Waals surface area contributed by atoms with Gasteiger partial charge in [0, 0.05) is 12.6 Å². The number of hydrogen-bond acceptors (Lipinski definition) is 3. The molecule has 1 aromatic rings. The van der Waals surface area contributed by atoms with Crippen molar-refractivity contribution in [2.45, 2.75) is 58.3 Å². The van der Waals surface area contributed by atoms with Crippen molar-refractivity contribution in [2.75, 3.05) is 7.05 Å². The lowest BCUT2D eigenvalue weighted by Crippen LogP contribution is -2.63. The number of likely N-dealkylation sites (N-methyl/N-ethyl adjacent to an activating group) is 1. The van der Waals surface area contributed by atoms with Crippen LogP contribution in [0, 0.1) is 0 Å². The highest BCUT2D eigenvalue weighted by Gasteiger charge is 2.41. The predicted octanol–water partition coefficient (Wildman–Crippen LogP) is 4.05. The molecule has 0 bridgehead atoms. The van der Waals surface area contributed by atoms with Gasteiger partial charge in [0.15, 0.2) is 6.23 Å². The lowest BCUT2D eigenvalue weighted by atomic mass is 9.86. The van der Waals surface area contributed by atoms with Crippen LogP contribution in [0.2, 0.25) is 0 Å². The monoisotopic (exact) mass is 288 g/mol. The van der Waals surface area contributed by atoms with Crippen molar-refractivity contribution < 1.29 is 4.84 Å². The Kier molecular flexibility index (Phi) is 5.20. The van der Waals surface area contributed by atoms with Gasteiger partial charge in [-0.05, 0) is 46.1 Å². The minimum absolute atomic E-state index is 0.0272. The molecule has 1 fully saturated rings. The van der Waals surface area contributed by atoms with E-state index in [1.165, 1.54) is 11.1 Å². The second-order valence-electron chi connectivity index (χ2n) is 6.50. The van der Waals surface area contributed by atoms with Gasteiger partial charge in [0.05, 0.1) is 6.04 Å². The van der Waals surface area contributed by atoms with Gasteiger partial charge in [0.25, 0.3) is 0 Å². The van der Waals surface area contributed by atoms with Crippen LogP contribution < -0.4 is 5.32 Å². The zero-order valence-electron chi connectivity index (χ0n) is 13.9. The van der Waals surface area contributed by atoms with E-state index in [4.69, 9.17) is 4.84 Å². The van der Waals surface area contributed by atoms with E-state index in [9.17, 15) is 0 Å². The molecule has 21 heavy (non-hydrogen) atoms. The fourth-order valence-electron chi connectivity index (χ4n) is 2.82. The maximum atomic E-state index is 6.01. The van der Waals surface area contributed by atoms with Gasteiger partial charge in [0.1, 0.15) is 0 Å². The molecule has 0 unspecified atom stereocenters. The Morgan fingerprint density at radius 1 is 1.33 bits per heavy atom. The molecule has 0 spiro atoms. The quantitative estimate of drug-likeness (QED) is 0.846. The van der Waals surface area contributed by atoms with Gasteiger partial charge in [-0.3, -0.25) is 10.2 Å². The number of benzene rings is 1. The number of nitrogens with one attached hydrogen (secondary N) is 1. The normalized spacial score (nSPS) is 30.1. The Labute approximate surface area is 128 Å². The number of rotatable bonds is 4. The van der Waals surface area contributed by atoms with E-state index >= 15 is 0 Å². The second kappa shape index (κ2) is 6.73. The molecule has 3 nitrogen and oxygen atoms in total. The third kappa shape index (κ3) is 3.94. The number of hydrogen-bond donors (Lipinski definition) is 1. The summed E-state index contributed by atoms with van der Waals surface area (Å²) in [4.78, 5) is 6.01. The van der Waals surface area contributed by atoms with E-state index in [0.29, 0.717) is 6.04 Å². The van der Waals surface area contributed by atoms with E-state index < -0.39 is 0 Å². The van der Waals surface area contributed by atoms with Crippen LogP contribution in [0.4, 0.5) is 0 Å². The van der Waals surface area contributed by atoms with Crippen molar-refractivity contribution in [2.24, 2.45) is 0 Å². The minimum Gasteiger partial charge on any atom is -0.280 e. The smallest absolute Gasteiger partial charge is 0.156 e. The fraction of sp³-hybridized carbons (Fsp3) is 0.556. The van der Waals surface area contributed by atoms with Gasteiger partial charge in [0.2, 0.25) is 0 Å². The number of nitrogens with zero attached hydrogens (tertiary/aromatic N) is 1. The second-order valence-corrected chi connectivity index (χ2v) is 6.50. The van der Waals surface area contributed by atoms with Crippen molar-refractivity contribution in [3.05, 3.63) is 47.5 Å². The van der Waals surface area contributed by atoms with Crippen LogP contribution in [0.25, 0.3) is 0 Å². The summed E-state index contributed by atoms with van der Waals surface area (Å²) < 4.78 is 0. The van der Waals surface area contributed by atoms with Crippen LogP contribution >= 0.6 is 0 Å². The first-order chi connectivity index (χ1) is 9.92. The van der Waals surface area contributed by atoms with Crippen LogP contribution in [0.15, 0.2) is 42.0 Å². The van der Waals surface area contributed by atoms with Gasteiger partial charge in [-0.1, -0.05) is 42.0 Å². The summed E-state index contributed by atoms with van der Waals surface area (Å²) in [5, 5.41) is 5.70. The van der Waals surface area contributed by atoms with E-state index in [2.05, 4.69) is 63.4 Å².